The molecule has 2 N–H and O–H groups in total. The smallest absolute Gasteiger partial charge is 0.191 e. The summed E-state index contributed by atoms with van der Waals surface area (Å²) >= 11 is 1.62. The Morgan fingerprint density at radius 3 is 2.76 bits per heavy atom. The van der Waals surface area contributed by atoms with Crippen LogP contribution in [0.3, 0.4) is 0 Å². The molecule has 112 valence electrons. The number of hydrogen-bond acceptors (Lipinski definition) is 4. The lowest BCUT2D eigenvalue weighted by molar-refractivity contribution is 0.590. The predicted molar refractivity (Wildman–Crippen MR) is 81.6 cm³/mol. The first-order chi connectivity index (χ1) is 10.3. The molecule has 0 radical (unpaired) electrons. The molecule has 0 fully saturated rings. The molecule has 21 heavy (non-hydrogen) atoms. The van der Waals surface area contributed by atoms with Gasteiger partial charge in [-0.1, -0.05) is 30.3 Å². The number of aryl methyl sites for hydroxylation is 1. The second-order valence-electron chi connectivity index (χ2n) is 5.25. The van der Waals surface area contributed by atoms with Gasteiger partial charge in [0.25, 0.3) is 0 Å². The molecule has 2 heterocycles. The topological polar surface area (TPSA) is 56.7 Å². The predicted octanol–water partition coefficient (Wildman–Crippen LogP) is 2.94. The lowest BCUT2D eigenvalue weighted by atomic mass is 10.1. The maximum absolute atomic E-state index is 13.0. The summed E-state index contributed by atoms with van der Waals surface area (Å²) in [4.78, 5) is 0. The van der Waals surface area contributed by atoms with Crippen LogP contribution in [0.1, 0.15) is 35.9 Å². The number of rotatable bonds is 4. The molecule has 1 aromatic carbocycles. The van der Waals surface area contributed by atoms with Gasteiger partial charge in [0.05, 0.1) is 0 Å². The van der Waals surface area contributed by atoms with Crippen molar-refractivity contribution >= 4 is 11.8 Å². The van der Waals surface area contributed by atoms with Crippen LogP contribution in [0.5, 0.6) is 0 Å². The molecule has 0 saturated heterocycles. The molecule has 0 bridgehead atoms. The van der Waals surface area contributed by atoms with Crippen LogP contribution in [0, 0.1) is 5.82 Å². The zero-order chi connectivity index (χ0) is 14.7. The first kappa shape index (κ1) is 14.5. The molecule has 1 unspecified atom stereocenters. The molecule has 1 atom stereocenters. The van der Waals surface area contributed by atoms with Crippen LogP contribution in [-0.2, 0) is 13.0 Å². The minimum Gasteiger partial charge on any atom is -0.329 e. The molecule has 1 aliphatic rings. The zero-order valence-electron chi connectivity index (χ0n) is 11.8. The van der Waals surface area contributed by atoms with Gasteiger partial charge in [-0.15, -0.1) is 10.2 Å². The van der Waals surface area contributed by atoms with Gasteiger partial charge in [-0.3, -0.25) is 0 Å². The Labute approximate surface area is 127 Å². The van der Waals surface area contributed by atoms with Crippen molar-refractivity contribution in [2.45, 2.75) is 42.6 Å². The molecular formula is C15H19FN4S. The van der Waals surface area contributed by atoms with Crippen molar-refractivity contribution in [3.8, 4) is 0 Å². The van der Waals surface area contributed by atoms with E-state index in [-0.39, 0.29) is 11.1 Å². The minimum absolute atomic E-state index is 0.0714. The molecule has 0 amide bonds. The maximum Gasteiger partial charge on any atom is 0.191 e. The monoisotopic (exact) mass is 306 g/mol. The molecule has 0 spiro atoms. The van der Waals surface area contributed by atoms with Gasteiger partial charge in [0, 0.05) is 24.8 Å². The standard InChI is InChI=1S/C15H19FN4S/c16-12-7-5-11(6-8-12)13(10-17)21-15-19-18-14-4-2-1-3-9-20(14)15/h5-8,13H,1-4,9-10,17H2. The first-order valence-corrected chi connectivity index (χ1v) is 8.20. The fraction of sp³-hybridized carbons (Fsp3) is 0.467. The summed E-state index contributed by atoms with van der Waals surface area (Å²) in [5.74, 6) is 0.848. The van der Waals surface area contributed by atoms with E-state index in [1.54, 1.807) is 23.9 Å². The fourth-order valence-corrected chi connectivity index (χ4v) is 3.66. The fourth-order valence-electron chi connectivity index (χ4n) is 2.60. The summed E-state index contributed by atoms with van der Waals surface area (Å²) in [7, 11) is 0. The number of hydrogen-bond donors (Lipinski definition) is 1. The quantitative estimate of drug-likeness (QED) is 0.882. The lowest BCUT2D eigenvalue weighted by Gasteiger charge is -2.15. The third kappa shape index (κ3) is 3.27. The van der Waals surface area contributed by atoms with Crippen LogP contribution < -0.4 is 5.73 Å². The molecule has 1 aliphatic heterocycles. The maximum atomic E-state index is 13.0. The number of nitrogens with two attached hydrogens (primary N) is 1. The molecule has 1 aromatic heterocycles. The number of fused-ring (bicyclic) bond motifs is 1. The number of halogens is 1. The average molecular weight is 306 g/mol. The van der Waals surface area contributed by atoms with Crippen molar-refractivity contribution in [2.24, 2.45) is 5.73 Å². The summed E-state index contributed by atoms with van der Waals surface area (Å²) in [5, 5.41) is 9.61. The van der Waals surface area contributed by atoms with E-state index in [9.17, 15) is 4.39 Å². The van der Waals surface area contributed by atoms with Crippen LogP contribution in [-0.4, -0.2) is 21.3 Å². The minimum atomic E-state index is -0.226. The summed E-state index contributed by atoms with van der Waals surface area (Å²) in [5.41, 5.74) is 6.92. The van der Waals surface area contributed by atoms with Gasteiger partial charge in [0.1, 0.15) is 11.6 Å². The van der Waals surface area contributed by atoms with Crippen LogP contribution in [0.15, 0.2) is 29.4 Å². The van der Waals surface area contributed by atoms with Gasteiger partial charge >= 0.3 is 0 Å². The van der Waals surface area contributed by atoms with Crippen LogP contribution in [0.4, 0.5) is 4.39 Å². The highest BCUT2D eigenvalue weighted by molar-refractivity contribution is 7.99. The third-order valence-electron chi connectivity index (χ3n) is 3.78. The van der Waals surface area contributed by atoms with Gasteiger partial charge in [-0.05, 0) is 30.5 Å². The number of nitrogens with zero attached hydrogens (tertiary/aromatic N) is 3. The Bertz CT molecular complexity index is 596. The number of benzene rings is 1. The summed E-state index contributed by atoms with van der Waals surface area (Å²) in [6.07, 6.45) is 4.59. The van der Waals surface area contributed by atoms with E-state index in [4.69, 9.17) is 5.73 Å². The molecule has 0 aliphatic carbocycles. The number of thioether (sulfide) groups is 1. The molecule has 0 saturated carbocycles. The Morgan fingerprint density at radius 2 is 2.00 bits per heavy atom. The van der Waals surface area contributed by atoms with Crippen molar-refractivity contribution in [3.05, 3.63) is 41.5 Å². The van der Waals surface area contributed by atoms with Gasteiger partial charge in [-0.25, -0.2) is 4.39 Å². The largest absolute Gasteiger partial charge is 0.329 e. The Kier molecular flexibility index (Phi) is 4.55. The van der Waals surface area contributed by atoms with Crippen LogP contribution >= 0.6 is 11.8 Å². The van der Waals surface area contributed by atoms with Crippen LogP contribution in [0.25, 0.3) is 0 Å². The van der Waals surface area contributed by atoms with E-state index >= 15 is 0 Å². The SMILES string of the molecule is NCC(Sc1nnc2n1CCCCC2)c1ccc(F)cc1. The van der Waals surface area contributed by atoms with Crippen molar-refractivity contribution in [3.63, 3.8) is 0 Å². The van der Waals surface area contributed by atoms with E-state index in [0.717, 1.165) is 29.5 Å². The van der Waals surface area contributed by atoms with Crippen molar-refractivity contribution < 1.29 is 4.39 Å². The van der Waals surface area contributed by atoms with E-state index in [2.05, 4.69) is 14.8 Å². The Hall–Kier alpha value is -1.40. The van der Waals surface area contributed by atoms with E-state index < -0.39 is 0 Å². The second-order valence-corrected chi connectivity index (χ2v) is 6.42. The van der Waals surface area contributed by atoms with Gasteiger partial charge < -0.3 is 10.3 Å². The highest BCUT2D eigenvalue weighted by atomic mass is 32.2. The zero-order valence-corrected chi connectivity index (χ0v) is 12.7. The van der Waals surface area contributed by atoms with Gasteiger partial charge in [0.15, 0.2) is 5.16 Å². The summed E-state index contributed by atoms with van der Waals surface area (Å²) in [6, 6.07) is 6.53. The molecule has 4 nitrogen and oxygen atoms in total. The third-order valence-corrected chi connectivity index (χ3v) is 5.04. The highest BCUT2D eigenvalue weighted by Gasteiger charge is 2.19. The van der Waals surface area contributed by atoms with Crippen molar-refractivity contribution in [2.75, 3.05) is 6.54 Å². The lowest BCUT2D eigenvalue weighted by Crippen LogP contribution is -2.11. The van der Waals surface area contributed by atoms with E-state index in [0.29, 0.717) is 6.54 Å². The van der Waals surface area contributed by atoms with Crippen LogP contribution in [0.2, 0.25) is 0 Å². The molecule has 2 aromatic rings. The van der Waals surface area contributed by atoms with E-state index in [1.165, 1.54) is 31.4 Å². The van der Waals surface area contributed by atoms with E-state index in [1.807, 2.05) is 0 Å². The average Bonchev–Trinajstić information content (AvgIpc) is 2.72. The Morgan fingerprint density at radius 1 is 1.19 bits per heavy atom. The second kappa shape index (κ2) is 6.58. The van der Waals surface area contributed by atoms with Crippen molar-refractivity contribution in [1.29, 1.82) is 0 Å². The first-order valence-electron chi connectivity index (χ1n) is 7.32. The normalized spacial score (nSPS) is 16.3. The highest BCUT2D eigenvalue weighted by Crippen LogP contribution is 2.34. The van der Waals surface area contributed by atoms with Crippen molar-refractivity contribution in [1.82, 2.24) is 14.8 Å². The van der Waals surface area contributed by atoms with Gasteiger partial charge in [-0.2, -0.15) is 0 Å². The summed E-state index contributed by atoms with van der Waals surface area (Å²) in [6.45, 7) is 1.46. The number of aromatic nitrogens is 3. The molecule has 3 rings (SSSR count). The molecular weight excluding hydrogens is 287 g/mol. The molecule has 6 heteroatoms. The van der Waals surface area contributed by atoms with Gasteiger partial charge in [0.2, 0.25) is 0 Å². The Balaban J connectivity index is 1.81. The summed E-state index contributed by atoms with van der Waals surface area (Å²) < 4.78 is 15.2.